The summed E-state index contributed by atoms with van der Waals surface area (Å²) < 4.78 is 0. The van der Waals surface area contributed by atoms with Crippen molar-refractivity contribution in [2.45, 2.75) is 13.8 Å². The zero-order valence-corrected chi connectivity index (χ0v) is 11.5. The lowest BCUT2D eigenvalue weighted by molar-refractivity contribution is -0.385. The van der Waals surface area contributed by atoms with Gasteiger partial charge in [0.1, 0.15) is 5.56 Å². The average Bonchev–Trinajstić information content (AvgIpc) is 2.42. The second-order valence-electron chi connectivity index (χ2n) is 4.59. The molecule has 1 aromatic heterocycles. The number of nitro benzene ring substituents is 1. The summed E-state index contributed by atoms with van der Waals surface area (Å²) in [5, 5.41) is 13.4. The summed E-state index contributed by atoms with van der Waals surface area (Å²) in [4.78, 5) is 36.7. The lowest BCUT2D eigenvalue weighted by Gasteiger charge is -2.09. The summed E-state index contributed by atoms with van der Waals surface area (Å²) >= 11 is 0. The molecule has 0 atom stereocenters. The predicted octanol–water partition coefficient (Wildman–Crippen LogP) is 2.15. The Hall–Kier alpha value is -2.96. The van der Waals surface area contributed by atoms with Crippen LogP contribution >= 0.6 is 0 Å². The Morgan fingerprint density at radius 1 is 1.29 bits per heavy atom. The molecule has 0 fully saturated rings. The summed E-state index contributed by atoms with van der Waals surface area (Å²) in [6.45, 7) is 3.24. The highest BCUT2D eigenvalue weighted by molar-refractivity contribution is 6.04. The Morgan fingerprint density at radius 2 is 2.00 bits per heavy atom. The van der Waals surface area contributed by atoms with Gasteiger partial charge in [-0.25, -0.2) is 0 Å². The van der Waals surface area contributed by atoms with Crippen molar-refractivity contribution in [2.24, 2.45) is 0 Å². The number of amides is 1. The molecule has 1 amide bonds. The Balaban J connectivity index is 2.35. The lowest BCUT2D eigenvalue weighted by atomic mass is 10.1. The van der Waals surface area contributed by atoms with Crippen LogP contribution in [-0.2, 0) is 0 Å². The van der Waals surface area contributed by atoms with E-state index in [1.165, 1.54) is 30.6 Å². The number of aromatic nitrogens is 1. The van der Waals surface area contributed by atoms with E-state index in [0.29, 0.717) is 16.8 Å². The van der Waals surface area contributed by atoms with Gasteiger partial charge in [0.2, 0.25) is 0 Å². The van der Waals surface area contributed by atoms with E-state index in [2.05, 4.69) is 10.3 Å². The van der Waals surface area contributed by atoms with Gasteiger partial charge in [0.05, 0.1) is 4.92 Å². The van der Waals surface area contributed by atoms with Gasteiger partial charge >= 0.3 is 0 Å². The maximum absolute atomic E-state index is 12.1. The van der Waals surface area contributed by atoms with Crippen molar-refractivity contribution in [2.75, 3.05) is 5.32 Å². The van der Waals surface area contributed by atoms with Crippen LogP contribution in [0.15, 0.2) is 35.4 Å². The van der Waals surface area contributed by atoms with E-state index < -0.39 is 16.3 Å². The number of nitro groups is 1. The van der Waals surface area contributed by atoms with E-state index in [-0.39, 0.29) is 11.3 Å². The van der Waals surface area contributed by atoms with E-state index >= 15 is 0 Å². The van der Waals surface area contributed by atoms with Crippen LogP contribution in [0.3, 0.4) is 0 Å². The van der Waals surface area contributed by atoms with Gasteiger partial charge in [0.15, 0.2) is 5.43 Å². The fourth-order valence-electron chi connectivity index (χ4n) is 1.92. The normalized spacial score (nSPS) is 10.2. The summed E-state index contributed by atoms with van der Waals surface area (Å²) in [5.41, 5.74) is 0.987. The zero-order valence-electron chi connectivity index (χ0n) is 11.5. The van der Waals surface area contributed by atoms with Crippen molar-refractivity contribution in [3.05, 3.63) is 67.6 Å². The van der Waals surface area contributed by atoms with Gasteiger partial charge in [-0.05, 0) is 25.5 Å². The van der Waals surface area contributed by atoms with Crippen LogP contribution in [0.5, 0.6) is 0 Å². The molecule has 2 N–H and O–H groups in total. The maximum atomic E-state index is 12.1. The number of hydrogen-bond donors (Lipinski definition) is 2. The SMILES string of the molecule is Cc1cc([N+](=O)[O-])c(C)cc1NC(=O)c1c[nH]ccc1=O. The highest BCUT2D eigenvalue weighted by Gasteiger charge is 2.16. The predicted molar refractivity (Wildman–Crippen MR) is 77.6 cm³/mol. The molecular weight excluding hydrogens is 274 g/mol. The Labute approximate surface area is 119 Å². The van der Waals surface area contributed by atoms with Gasteiger partial charge in [0, 0.05) is 35.8 Å². The standard InChI is InChI=1S/C14H13N3O4/c1-8-6-12(17(20)21)9(2)5-11(8)16-14(19)10-7-15-4-3-13(10)18/h3-7H,1-2H3,(H,15,18)(H,16,19). The summed E-state index contributed by atoms with van der Waals surface area (Å²) in [7, 11) is 0. The third-order valence-corrected chi connectivity index (χ3v) is 3.06. The first kappa shape index (κ1) is 14.4. The molecule has 21 heavy (non-hydrogen) atoms. The minimum Gasteiger partial charge on any atom is -0.367 e. The van der Waals surface area contributed by atoms with Crippen molar-refractivity contribution >= 4 is 17.3 Å². The molecule has 0 radical (unpaired) electrons. The van der Waals surface area contributed by atoms with Crippen LogP contribution in [0, 0.1) is 24.0 Å². The molecule has 2 aromatic rings. The first-order valence-corrected chi connectivity index (χ1v) is 6.14. The van der Waals surface area contributed by atoms with Gasteiger partial charge in [0.25, 0.3) is 11.6 Å². The first-order valence-electron chi connectivity index (χ1n) is 6.14. The van der Waals surface area contributed by atoms with E-state index in [0.717, 1.165) is 0 Å². The quantitative estimate of drug-likeness (QED) is 0.666. The van der Waals surface area contributed by atoms with Crippen LogP contribution < -0.4 is 10.7 Å². The maximum Gasteiger partial charge on any atom is 0.272 e. The molecule has 0 aliphatic carbocycles. The number of carbonyl (C=O) groups is 1. The molecule has 108 valence electrons. The fraction of sp³-hybridized carbons (Fsp3) is 0.143. The third kappa shape index (κ3) is 2.97. The van der Waals surface area contributed by atoms with Gasteiger partial charge in [-0.3, -0.25) is 19.7 Å². The number of H-pyrrole nitrogens is 1. The highest BCUT2D eigenvalue weighted by atomic mass is 16.6. The molecule has 0 saturated carbocycles. The van der Waals surface area contributed by atoms with Crippen molar-refractivity contribution in [3.63, 3.8) is 0 Å². The molecule has 0 spiro atoms. The molecule has 7 nitrogen and oxygen atoms in total. The number of nitrogens with zero attached hydrogens (tertiary/aromatic N) is 1. The van der Waals surface area contributed by atoms with E-state index in [1.807, 2.05) is 0 Å². The number of hydrogen-bond acceptors (Lipinski definition) is 4. The Kier molecular flexibility index (Phi) is 3.84. The summed E-state index contributed by atoms with van der Waals surface area (Å²) in [5.74, 6) is -0.562. The minimum atomic E-state index is -0.562. The third-order valence-electron chi connectivity index (χ3n) is 3.06. The van der Waals surface area contributed by atoms with E-state index in [4.69, 9.17) is 0 Å². The van der Waals surface area contributed by atoms with Gasteiger partial charge < -0.3 is 10.3 Å². The van der Waals surface area contributed by atoms with Crippen molar-refractivity contribution in [3.8, 4) is 0 Å². The lowest BCUT2D eigenvalue weighted by Crippen LogP contribution is -2.21. The largest absolute Gasteiger partial charge is 0.367 e. The molecule has 1 aromatic carbocycles. The smallest absolute Gasteiger partial charge is 0.272 e. The highest BCUT2D eigenvalue weighted by Crippen LogP contribution is 2.26. The van der Waals surface area contributed by atoms with E-state index in [9.17, 15) is 19.7 Å². The second kappa shape index (κ2) is 5.58. The monoisotopic (exact) mass is 287 g/mol. The first-order chi connectivity index (χ1) is 9.90. The number of carbonyl (C=O) groups excluding carboxylic acids is 1. The average molecular weight is 287 g/mol. The van der Waals surface area contributed by atoms with Gasteiger partial charge in [-0.1, -0.05) is 0 Å². The number of aryl methyl sites for hydroxylation is 2. The molecular formula is C14H13N3O4. The van der Waals surface area contributed by atoms with Crippen LogP contribution in [0.25, 0.3) is 0 Å². The number of pyridine rings is 1. The molecule has 1 heterocycles. The van der Waals surface area contributed by atoms with Gasteiger partial charge in [-0.15, -0.1) is 0 Å². The number of anilines is 1. The molecule has 0 saturated heterocycles. The fourth-order valence-corrected chi connectivity index (χ4v) is 1.92. The molecule has 0 unspecified atom stereocenters. The summed E-state index contributed by atoms with van der Waals surface area (Å²) in [6, 6.07) is 4.16. The number of nitrogens with one attached hydrogen (secondary N) is 2. The molecule has 2 rings (SSSR count). The number of benzene rings is 1. The molecule has 0 aliphatic rings. The zero-order chi connectivity index (χ0) is 15.6. The summed E-state index contributed by atoms with van der Waals surface area (Å²) in [6.07, 6.45) is 2.74. The molecule has 7 heteroatoms. The van der Waals surface area contributed by atoms with Crippen molar-refractivity contribution in [1.82, 2.24) is 4.98 Å². The molecule has 0 bridgehead atoms. The number of aromatic amines is 1. The van der Waals surface area contributed by atoms with E-state index in [1.54, 1.807) is 13.8 Å². The van der Waals surface area contributed by atoms with Crippen LogP contribution in [0.1, 0.15) is 21.5 Å². The second-order valence-corrected chi connectivity index (χ2v) is 4.59. The van der Waals surface area contributed by atoms with Gasteiger partial charge in [-0.2, -0.15) is 0 Å². The molecule has 0 aliphatic heterocycles. The topological polar surface area (TPSA) is 105 Å². The van der Waals surface area contributed by atoms with Crippen molar-refractivity contribution < 1.29 is 9.72 Å². The number of rotatable bonds is 3. The van der Waals surface area contributed by atoms with Crippen molar-refractivity contribution in [1.29, 1.82) is 0 Å². The Bertz CT molecular complexity index is 780. The Morgan fingerprint density at radius 3 is 2.62 bits per heavy atom. The van der Waals surface area contributed by atoms with Crippen LogP contribution in [0.4, 0.5) is 11.4 Å². The van der Waals surface area contributed by atoms with Crippen LogP contribution in [0.2, 0.25) is 0 Å². The van der Waals surface area contributed by atoms with Crippen LogP contribution in [-0.4, -0.2) is 15.8 Å². The minimum absolute atomic E-state index is 0.0111.